The van der Waals surface area contributed by atoms with Crippen LogP contribution >= 0.6 is 23.1 Å². The van der Waals surface area contributed by atoms with E-state index in [0.29, 0.717) is 24.0 Å². The molecular formula is C13H20N4O2S2. The van der Waals surface area contributed by atoms with Gasteiger partial charge in [-0.2, -0.15) is 0 Å². The molecule has 116 valence electrons. The van der Waals surface area contributed by atoms with E-state index in [2.05, 4.69) is 29.4 Å². The largest absolute Gasteiger partial charge is 0.332 e. The van der Waals surface area contributed by atoms with Gasteiger partial charge in [0.1, 0.15) is 5.01 Å². The van der Waals surface area contributed by atoms with E-state index in [0.717, 1.165) is 30.1 Å². The second-order valence-electron chi connectivity index (χ2n) is 4.86. The summed E-state index contributed by atoms with van der Waals surface area (Å²) in [6.45, 7) is 5.45. The number of hydrogen-bond acceptors (Lipinski definition) is 6. The molecule has 8 heteroatoms. The van der Waals surface area contributed by atoms with Crippen LogP contribution in [0, 0.1) is 0 Å². The van der Waals surface area contributed by atoms with Crippen LogP contribution in [0.15, 0.2) is 0 Å². The molecule has 0 saturated carbocycles. The van der Waals surface area contributed by atoms with Crippen LogP contribution < -0.4 is 5.32 Å². The maximum Gasteiger partial charge on any atom is 0.281 e. The van der Waals surface area contributed by atoms with Crippen molar-refractivity contribution in [3.63, 3.8) is 0 Å². The van der Waals surface area contributed by atoms with Crippen molar-refractivity contribution >= 4 is 39.4 Å². The Bertz CT molecular complexity index is 502. The first-order chi connectivity index (χ1) is 10.1. The third-order valence-electron chi connectivity index (χ3n) is 3.48. The summed E-state index contributed by atoms with van der Waals surface area (Å²) in [6, 6.07) is 0. The minimum Gasteiger partial charge on any atom is -0.332 e. The van der Waals surface area contributed by atoms with Crippen LogP contribution in [0.2, 0.25) is 0 Å². The Labute approximate surface area is 132 Å². The third-order valence-corrected chi connectivity index (χ3v) is 5.37. The van der Waals surface area contributed by atoms with Crippen LogP contribution in [-0.2, 0) is 4.79 Å². The molecule has 0 bridgehead atoms. The minimum absolute atomic E-state index is 0.0646. The highest BCUT2D eigenvalue weighted by molar-refractivity contribution is 8.13. The summed E-state index contributed by atoms with van der Waals surface area (Å²) in [7, 11) is 0. The van der Waals surface area contributed by atoms with E-state index < -0.39 is 0 Å². The molecule has 2 rings (SSSR count). The highest BCUT2D eigenvalue weighted by Gasteiger charge is 2.21. The number of carbonyl (C=O) groups is 2. The van der Waals surface area contributed by atoms with Gasteiger partial charge < -0.3 is 10.2 Å². The summed E-state index contributed by atoms with van der Waals surface area (Å²) < 4.78 is 0. The Morgan fingerprint density at radius 2 is 2.14 bits per heavy atom. The number of anilines is 1. The Kier molecular flexibility index (Phi) is 5.98. The van der Waals surface area contributed by atoms with Crippen LogP contribution in [0.5, 0.6) is 0 Å². The van der Waals surface area contributed by atoms with Crippen molar-refractivity contribution < 1.29 is 9.59 Å². The van der Waals surface area contributed by atoms with Gasteiger partial charge in [-0.25, -0.2) is 0 Å². The lowest BCUT2D eigenvalue weighted by molar-refractivity contribution is -0.116. The zero-order valence-electron chi connectivity index (χ0n) is 12.3. The second kappa shape index (κ2) is 7.74. The van der Waals surface area contributed by atoms with Crippen molar-refractivity contribution in [2.24, 2.45) is 0 Å². The van der Waals surface area contributed by atoms with Crippen LogP contribution in [0.4, 0.5) is 9.93 Å². The van der Waals surface area contributed by atoms with E-state index >= 15 is 0 Å². The van der Waals surface area contributed by atoms with Crippen LogP contribution in [0.1, 0.15) is 44.0 Å². The van der Waals surface area contributed by atoms with Gasteiger partial charge in [0.15, 0.2) is 0 Å². The lowest BCUT2D eigenvalue weighted by atomic mass is 10.1. The molecule has 1 aromatic rings. The molecule has 2 amide bonds. The molecule has 0 aromatic carbocycles. The highest BCUT2D eigenvalue weighted by Crippen LogP contribution is 2.28. The van der Waals surface area contributed by atoms with E-state index in [-0.39, 0.29) is 11.1 Å². The van der Waals surface area contributed by atoms with Gasteiger partial charge in [-0.3, -0.25) is 9.59 Å². The molecule has 0 aliphatic carbocycles. The monoisotopic (exact) mass is 328 g/mol. The van der Waals surface area contributed by atoms with Crippen LogP contribution in [-0.4, -0.2) is 45.1 Å². The van der Waals surface area contributed by atoms with Crippen molar-refractivity contribution in [3.05, 3.63) is 5.01 Å². The second-order valence-corrected chi connectivity index (χ2v) is 6.91. The Hall–Kier alpha value is -1.15. The molecule has 1 saturated heterocycles. The molecular weight excluding hydrogens is 308 g/mol. The van der Waals surface area contributed by atoms with Crippen molar-refractivity contribution in [2.45, 2.75) is 39.0 Å². The molecule has 2 heterocycles. The first-order valence-corrected chi connectivity index (χ1v) is 8.99. The number of hydrogen-bond donors (Lipinski definition) is 1. The predicted octanol–water partition coefficient (Wildman–Crippen LogP) is 2.94. The quantitative estimate of drug-likeness (QED) is 0.833. The Morgan fingerprint density at radius 1 is 1.38 bits per heavy atom. The number of amides is 2. The van der Waals surface area contributed by atoms with E-state index in [1.807, 2.05) is 0 Å². The summed E-state index contributed by atoms with van der Waals surface area (Å²) in [5, 5.41) is 12.5. The van der Waals surface area contributed by atoms with E-state index in [1.165, 1.54) is 23.1 Å². The third kappa shape index (κ3) is 4.41. The van der Waals surface area contributed by atoms with Crippen molar-refractivity contribution in [3.8, 4) is 0 Å². The molecule has 1 N–H and O–H groups in total. The Morgan fingerprint density at radius 3 is 2.76 bits per heavy atom. The van der Waals surface area contributed by atoms with Crippen LogP contribution in [0.3, 0.4) is 0 Å². The van der Waals surface area contributed by atoms with Gasteiger partial charge in [0.25, 0.3) is 5.24 Å². The molecule has 1 aliphatic rings. The number of rotatable bonds is 7. The van der Waals surface area contributed by atoms with Gasteiger partial charge in [0, 0.05) is 31.2 Å². The van der Waals surface area contributed by atoms with E-state index in [1.54, 1.807) is 4.90 Å². The molecule has 0 radical (unpaired) electrons. The molecule has 1 aromatic heterocycles. The number of thioether (sulfide) groups is 1. The zero-order chi connectivity index (χ0) is 15.2. The molecule has 21 heavy (non-hydrogen) atoms. The maximum absolute atomic E-state index is 11.9. The average molecular weight is 328 g/mol. The standard InChI is InChI=1S/C13H20N4O2S2/c1-3-9(4-2)11-15-16-12(21-11)14-10(18)5-6-17-7-8-20-13(17)19/h9H,3-8H2,1-2H3,(H,14,16,18). The van der Waals surface area contributed by atoms with E-state index in [4.69, 9.17) is 0 Å². The molecule has 1 aliphatic heterocycles. The summed E-state index contributed by atoms with van der Waals surface area (Å²) in [5.41, 5.74) is 0. The maximum atomic E-state index is 11.9. The lowest BCUT2D eigenvalue weighted by Gasteiger charge is -2.13. The zero-order valence-corrected chi connectivity index (χ0v) is 13.9. The van der Waals surface area contributed by atoms with Crippen molar-refractivity contribution in [1.29, 1.82) is 0 Å². The molecule has 0 unspecified atom stereocenters. The average Bonchev–Trinajstić information content (AvgIpc) is 3.08. The van der Waals surface area contributed by atoms with Gasteiger partial charge in [0.2, 0.25) is 11.0 Å². The number of aromatic nitrogens is 2. The van der Waals surface area contributed by atoms with Gasteiger partial charge >= 0.3 is 0 Å². The van der Waals surface area contributed by atoms with Crippen LogP contribution in [0.25, 0.3) is 0 Å². The first kappa shape index (κ1) is 16.2. The smallest absolute Gasteiger partial charge is 0.281 e. The summed E-state index contributed by atoms with van der Waals surface area (Å²) in [6.07, 6.45) is 2.34. The SMILES string of the molecule is CCC(CC)c1nnc(NC(=O)CCN2CCSC2=O)s1. The van der Waals surface area contributed by atoms with Gasteiger partial charge in [0.05, 0.1) is 0 Å². The number of nitrogens with one attached hydrogen (secondary N) is 1. The topological polar surface area (TPSA) is 75.2 Å². The fourth-order valence-corrected chi connectivity index (χ4v) is 4.01. The van der Waals surface area contributed by atoms with Crippen molar-refractivity contribution in [2.75, 3.05) is 24.2 Å². The highest BCUT2D eigenvalue weighted by atomic mass is 32.2. The fourth-order valence-electron chi connectivity index (χ4n) is 2.14. The number of carbonyl (C=O) groups excluding carboxylic acids is 2. The summed E-state index contributed by atoms with van der Waals surface area (Å²) >= 11 is 2.75. The fraction of sp³-hybridized carbons (Fsp3) is 0.692. The lowest BCUT2D eigenvalue weighted by Crippen LogP contribution is -2.27. The van der Waals surface area contributed by atoms with Gasteiger partial charge in [-0.15, -0.1) is 10.2 Å². The van der Waals surface area contributed by atoms with Gasteiger partial charge in [-0.1, -0.05) is 36.9 Å². The van der Waals surface area contributed by atoms with E-state index in [9.17, 15) is 9.59 Å². The van der Waals surface area contributed by atoms with Gasteiger partial charge in [-0.05, 0) is 12.8 Å². The number of nitrogens with zero attached hydrogens (tertiary/aromatic N) is 3. The predicted molar refractivity (Wildman–Crippen MR) is 85.9 cm³/mol. The first-order valence-electron chi connectivity index (χ1n) is 7.19. The summed E-state index contributed by atoms with van der Waals surface area (Å²) in [5.74, 6) is 1.11. The molecule has 6 nitrogen and oxygen atoms in total. The Balaban J connectivity index is 1.81. The molecule has 0 spiro atoms. The molecule has 1 fully saturated rings. The molecule has 0 atom stereocenters. The van der Waals surface area contributed by atoms with Crippen molar-refractivity contribution in [1.82, 2.24) is 15.1 Å². The normalized spacial score (nSPS) is 15.0. The minimum atomic E-state index is -0.119. The summed E-state index contributed by atoms with van der Waals surface area (Å²) in [4.78, 5) is 25.0.